The molecule has 6 nitrogen and oxygen atoms in total. The van der Waals surface area contributed by atoms with Crippen molar-refractivity contribution in [3.63, 3.8) is 0 Å². The second-order valence-corrected chi connectivity index (χ2v) is 24.1. The van der Waals surface area contributed by atoms with Crippen LogP contribution in [-0.4, -0.2) is 37.2 Å². The third-order valence-electron chi connectivity index (χ3n) is 16.0. The van der Waals surface area contributed by atoms with E-state index in [1.54, 1.807) is 0 Å². The predicted molar refractivity (Wildman–Crippen MR) is 358 cm³/mol. The maximum Gasteiger partial charge on any atom is 0.306 e. The fourth-order valence-electron chi connectivity index (χ4n) is 10.6. The first-order chi connectivity index (χ1) is 40.5. The second-order valence-electron chi connectivity index (χ2n) is 24.1. The molecule has 1 unspecified atom stereocenters. The molecule has 0 saturated carbocycles. The van der Waals surface area contributed by atoms with Crippen molar-refractivity contribution in [2.75, 3.05) is 13.2 Å². The van der Waals surface area contributed by atoms with E-state index in [2.05, 4.69) is 93.7 Å². The van der Waals surface area contributed by atoms with Crippen molar-refractivity contribution < 1.29 is 28.6 Å². The standard InChI is InChI=1S/C76H136O6/c1-4-7-10-13-16-19-22-25-28-31-33-35-37-38-39-41-42-45-48-51-54-57-60-63-66-69-75(78)81-72-73(71-80-74(77)68-65-62-59-56-53-50-47-44-30-27-24-21-18-15-12-9-6-3)82-76(79)70-67-64-61-58-55-52-49-46-43-40-36-34-32-29-26-23-20-17-14-11-8-5-2/h7,10,16,19,25,28,33,35,38-39,42,45,73H,4-6,8-9,11-15,17-18,20-24,26-27,29-32,34,36-37,40-41,43-44,46-72H2,1-3H3/b10-7-,19-16-,28-25-,35-33-,39-38-,45-42-. The van der Waals surface area contributed by atoms with E-state index < -0.39 is 6.10 Å². The van der Waals surface area contributed by atoms with E-state index >= 15 is 0 Å². The Morgan fingerprint density at radius 2 is 0.476 bits per heavy atom. The van der Waals surface area contributed by atoms with Gasteiger partial charge in [0.05, 0.1) is 0 Å². The van der Waals surface area contributed by atoms with Crippen molar-refractivity contribution in [1.29, 1.82) is 0 Å². The Hall–Kier alpha value is -3.15. The molecule has 0 bridgehead atoms. The van der Waals surface area contributed by atoms with Gasteiger partial charge in [0.1, 0.15) is 13.2 Å². The molecule has 0 aromatic carbocycles. The van der Waals surface area contributed by atoms with Crippen molar-refractivity contribution in [3.8, 4) is 0 Å². The number of ether oxygens (including phenoxy) is 3. The molecule has 0 fully saturated rings. The third-order valence-corrected chi connectivity index (χ3v) is 16.0. The van der Waals surface area contributed by atoms with Crippen LogP contribution in [0, 0.1) is 0 Å². The zero-order chi connectivity index (χ0) is 59.2. The van der Waals surface area contributed by atoms with Crippen LogP contribution in [0.25, 0.3) is 0 Å². The normalized spacial score (nSPS) is 12.5. The van der Waals surface area contributed by atoms with Crippen LogP contribution in [0.15, 0.2) is 72.9 Å². The van der Waals surface area contributed by atoms with Gasteiger partial charge in [0.15, 0.2) is 6.10 Å². The molecule has 0 saturated heterocycles. The summed E-state index contributed by atoms with van der Waals surface area (Å²) in [5.74, 6) is -0.863. The van der Waals surface area contributed by atoms with Gasteiger partial charge >= 0.3 is 17.9 Å². The minimum atomic E-state index is -0.781. The quantitative estimate of drug-likeness (QED) is 0.0261. The molecule has 0 amide bonds. The summed E-state index contributed by atoms with van der Waals surface area (Å²) < 4.78 is 17.0. The zero-order valence-corrected chi connectivity index (χ0v) is 54.8. The highest BCUT2D eigenvalue weighted by molar-refractivity contribution is 5.71. The maximum absolute atomic E-state index is 13.0. The van der Waals surface area contributed by atoms with Crippen LogP contribution < -0.4 is 0 Å². The zero-order valence-electron chi connectivity index (χ0n) is 54.8. The van der Waals surface area contributed by atoms with Gasteiger partial charge < -0.3 is 14.2 Å². The minimum absolute atomic E-state index is 0.0747. The van der Waals surface area contributed by atoms with Crippen LogP contribution >= 0.6 is 0 Å². The van der Waals surface area contributed by atoms with Crippen LogP contribution in [0.5, 0.6) is 0 Å². The lowest BCUT2D eigenvalue weighted by molar-refractivity contribution is -0.167. The van der Waals surface area contributed by atoms with Crippen molar-refractivity contribution in [1.82, 2.24) is 0 Å². The van der Waals surface area contributed by atoms with Crippen molar-refractivity contribution >= 4 is 17.9 Å². The number of esters is 3. The summed E-state index contributed by atoms with van der Waals surface area (Å²) in [4.78, 5) is 38.5. The lowest BCUT2D eigenvalue weighted by Crippen LogP contribution is -2.30. The fraction of sp³-hybridized carbons (Fsp3) is 0.803. The number of rotatable bonds is 66. The molecule has 0 aliphatic rings. The number of unbranched alkanes of at least 4 members (excludes halogenated alkanes) is 43. The van der Waals surface area contributed by atoms with Crippen LogP contribution in [-0.2, 0) is 28.6 Å². The molecule has 82 heavy (non-hydrogen) atoms. The fourth-order valence-corrected chi connectivity index (χ4v) is 10.6. The van der Waals surface area contributed by atoms with Gasteiger partial charge in [-0.2, -0.15) is 0 Å². The smallest absolute Gasteiger partial charge is 0.306 e. The average molecular weight is 1150 g/mol. The molecule has 0 aromatic rings. The summed E-state index contributed by atoms with van der Waals surface area (Å²) in [6, 6.07) is 0. The summed E-state index contributed by atoms with van der Waals surface area (Å²) in [7, 11) is 0. The molecule has 6 heteroatoms. The van der Waals surface area contributed by atoms with Crippen LogP contribution in [0.4, 0.5) is 0 Å². The van der Waals surface area contributed by atoms with Gasteiger partial charge in [-0.1, -0.05) is 357 Å². The lowest BCUT2D eigenvalue weighted by atomic mass is 10.0. The predicted octanol–water partition coefficient (Wildman–Crippen LogP) is 24.8. The van der Waals surface area contributed by atoms with Gasteiger partial charge in [0.25, 0.3) is 0 Å². The van der Waals surface area contributed by atoms with Crippen LogP contribution in [0.3, 0.4) is 0 Å². The summed E-state index contributed by atoms with van der Waals surface area (Å²) in [5.41, 5.74) is 0. The first-order valence-corrected chi connectivity index (χ1v) is 35.9. The Balaban J connectivity index is 4.35. The highest BCUT2D eigenvalue weighted by atomic mass is 16.6. The van der Waals surface area contributed by atoms with Gasteiger partial charge in [0, 0.05) is 19.3 Å². The van der Waals surface area contributed by atoms with E-state index in [1.807, 2.05) is 0 Å². The van der Waals surface area contributed by atoms with Gasteiger partial charge in [0.2, 0.25) is 0 Å². The average Bonchev–Trinajstić information content (AvgIpc) is 3.47. The minimum Gasteiger partial charge on any atom is -0.462 e. The van der Waals surface area contributed by atoms with E-state index in [0.29, 0.717) is 19.3 Å². The Kier molecular flexibility index (Phi) is 67.6. The molecule has 0 radical (unpaired) electrons. The molecule has 0 rings (SSSR count). The Morgan fingerprint density at radius 3 is 0.744 bits per heavy atom. The molecule has 0 aliphatic carbocycles. The second kappa shape index (κ2) is 70.3. The summed E-state index contributed by atoms with van der Waals surface area (Å²) in [5, 5.41) is 0. The molecule has 0 N–H and O–H groups in total. The molecule has 0 aliphatic heterocycles. The molecule has 1 atom stereocenters. The number of allylic oxidation sites excluding steroid dienone is 12. The highest BCUT2D eigenvalue weighted by Gasteiger charge is 2.19. The first-order valence-electron chi connectivity index (χ1n) is 35.9. The Labute approximate surface area is 510 Å². The molecule has 0 aromatic heterocycles. The SMILES string of the molecule is CC/C=C\C/C=C\C/C=C\C/C=C\C/C=C\C/C=C\CCCCCCCCC(=O)OCC(COC(=O)CCCCCCCCCCCCCCCCCCC)OC(=O)CCCCCCCCCCCCCCCCCCCCCCCC. The largest absolute Gasteiger partial charge is 0.462 e. The topological polar surface area (TPSA) is 78.9 Å². The van der Waals surface area contributed by atoms with Crippen molar-refractivity contribution in [3.05, 3.63) is 72.9 Å². The van der Waals surface area contributed by atoms with E-state index in [9.17, 15) is 14.4 Å². The maximum atomic E-state index is 13.0. The summed E-state index contributed by atoms with van der Waals surface area (Å²) >= 11 is 0. The van der Waals surface area contributed by atoms with E-state index in [0.717, 1.165) is 103 Å². The Bertz CT molecular complexity index is 1500. The number of hydrogen-bond acceptors (Lipinski definition) is 6. The molecule has 0 spiro atoms. The van der Waals surface area contributed by atoms with Gasteiger partial charge in [-0.05, 0) is 70.6 Å². The molecule has 0 heterocycles. The van der Waals surface area contributed by atoms with Crippen molar-refractivity contribution in [2.45, 2.75) is 380 Å². The third kappa shape index (κ3) is 67.6. The monoisotopic (exact) mass is 1150 g/mol. The molecular weight excluding hydrogens is 1010 g/mol. The molecule has 476 valence electrons. The summed E-state index contributed by atoms with van der Waals surface area (Å²) in [6.07, 6.45) is 92.1. The van der Waals surface area contributed by atoms with Crippen LogP contribution in [0.1, 0.15) is 374 Å². The van der Waals surface area contributed by atoms with Crippen molar-refractivity contribution in [2.24, 2.45) is 0 Å². The first kappa shape index (κ1) is 78.8. The van der Waals surface area contributed by atoms with Crippen LogP contribution in [0.2, 0.25) is 0 Å². The highest BCUT2D eigenvalue weighted by Crippen LogP contribution is 2.18. The van der Waals surface area contributed by atoms with E-state index in [-0.39, 0.29) is 31.1 Å². The molecular formula is C76H136O6. The van der Waals surface area contributed by atoms with E-state index in [1.165, 1.54) is 231 Å². The number of carbonyl (C=O) groups excluding carboxylic acids is 3. The van der Waals surface area contributed by atoms with Gasteiger partial charge in [-0.25, -0.2) is 0 Å². The number of hydrogen-bond donors (Lipinski definition) is 0. The lowest BCUT2D eigenvalue weighted by Gasteiger charge is -2.18. The summed E-state index contributed by atoms with van der Waals surface area (Å²) in [6.45, 7) is 6.59. The van der Waals surface area contributed by atoms with Gasteiger partial charge in [-0.3, -0.25) is 14.4 Å². The number of carbonyl (C=O) groups is 3. The Morgan fingerprint density at radius 1 is 0.256 bits per heavy atom. The van der Waals surface area contributed by atoms with Gasteiger partial charge in [-0.15, -0.1) is 0 Å². The van der Waals surface area contributed by atoms with E-state index in [4.69, 9.17) is 14.2 Å².